The van der Waals surface area contributed by atoms with E-state index in [0.29, 0.717) is 57.3 Å². The number of carbonyl (C=O) groups is 1. The topological polar surface area (TPSA) is 133 Å². The van der Waals surface area contributed by atoms with Gasteiger partial charge in [-0.1, -0.05) is 6.92 Å². The predicted molar refractivity (Wildman–Crippen MR) is 155 cm³/mol. The van der Waals surface area contributed by atoms with E-state index in [1.165, 1.54) is 52.5 Å². The first-order valence-electron chi connectivity index (χ1n) is 14.2. The minimum absolute atomic E-state index is 0.0207. The molecule has 3 rings (SSSR count). The van der Waals surface area contributed by atoms with Crippen LogP contribution in [0, 0.1) is 29.5 Å². The van der Waals surface area contributed by atoms with Crippen molar-refractivity contribution in [1.82, 2.24) is 13.9 Å². The molecule has 1 aromatic carbocycles. The molecule has 2 fully saturated rings. The van der Waals surface area contributed by atoms with Gasteiger partial charge in [0.25, 0.3) is 5.91 Å². The van der Waals surface area contributed by atoms with E-state index in [-0.39, 0.29) is 30.8 Å². The Hall–Kier alpha value is -1.64. The van der Waals surface area contributed by atoms with E-state index in [4.69, 9.17) is 4.74 Å². The van der Waals surface area contributed by atoms with Crippen molar-refractivity contribution < 1.29 is 35.9 Å². The number of hydrogen-bond acceptors (Lipinski definition) is 7. The fourth-order valence-electron chi connectivity index (χ4n) is 6.52. The summed E-state index contributed by atoms with van der Waals surface area (Å²) in [5, 5.41) is 12.9. The van der Waals surface area contributed by atoms with Crippen molar-refractivity contribution in [3.8, 4) is 0 Å². The van der Waals surface area contributed by atoms with Crippen LogP contribution in [0.25, 0.3) is 0 Å². The van der Waals surface area contributed by atoms with Crippen LogP contribution in [0.2, 0.25) is 0 Å². The van der Waals surface area contributed by atoms with Gasteiger partial charge in [0.15, 0.2) is 0 Å². The van der Waals surface area contributed by atoms with Crippen molar-refractivity contribution in [3.63, 3.8) is 0 Å². The maximum absolute atomic E-state index is 13.4. The number of aliphatic hydroxyl groups is 1. The fraction of sp³-hybridized carbons (Fsp3) is 0.714. The number of ether oxygens (including phenoxy) is 1. The molecule has 1 amide bonds. The van der Waals surface area contributed by atoms with Crippen molar-refractivity contribution in [1.29, 1.82) is 0 Å². The van der Waals surface area contributed by atoms with Gasteiger partial charge in [-0.05, 0) is 92.9 Å². The average molecular weight is 619 g/mol. The Labute approximate surface area is 244 Å². The number of nitrogens with zero attached hydrogens (tertiary/aromatic N) is 2. The lowest BCUT2D eigenvalue weighted by molar-refractivity contribution is -0.0545. The minimum Gasteiger partial charge on any atom is -0.396 e. The first kappa shape index (κ1) is 33.9. The third-order valence-electron chi connectivity index (χ3n) is 8.78. The first-order valence-corrected chi connectivity index (χ1v) is 17.9. The number of piperidine rings is 2. The molecule has 10 nitrogen and oxygen atoms in total. The van der Waals surface area contributed by atoms with Crippen molar-refractivity contribution in [2.24, 2.45) is 17.3 Å². The van der Waals surface area contributed by atoms with Crippen LogP contribution in [0.15, 0.2) is 24.3 Å². The van der Waals surface area contributed by atoms with Gasteiger partial charge in [0.1, 0.15) is 12.0 Å². The van der Waals surface area contributed by atoms with Gasteiger partial charge in [0, 0.05) is 45.0 Å². The number of benzene rings is 1. The first-order chi connectivity index (χ1) is 19.2. The third kappa shape index (κ3) is 8.93. The normalized spacial score (nSPS) is 24.0. The second-order valence-corrected chi connectivity index (χ2v) is 15.4. The van der Waals surface area contributed by atoms with Gasteiger partial charge in [0.05, 0.1) is 12.5 Å². The highest BCUT2D eigenvalue weighted by Gasteiger charge is 2.46. The van der Waals surface area contributed by atoms with E-state index in [0.717, 1.165) is 6.42 Å². The molecule has 4 atom stereocenters. The molecule has 1 aromatic rings. The highest BCUT2D eigenvalue weighted by molar-refractivity contribution is 7.88. The van der Waals surface area contributed by atoms with Gasteiger partial charge in [-0.3, -0.25) is 4.79 Å². The number of amides is 1. The molecular weight excluding hydrogens is 573 g/mol. The van der Waals surface area contributed by atoms with Crippen molar-refractivity contribution >= 4 is 26.0 Å². The maximum atomic E-state index is 13.4. The van der Waals surface area contributed by atoms with Crippen LogP contribution < -0.4 is 5.32 Å². The molecule has 4 unspecified atom stereocenters. The quantitative estimate of drug-likeness (QED) is 0.347. The third-order valence-corrected chi connectivity index (χ3v) is 11.4. The molecule has 2 heterocycles. The summed E-state index contributed by atoms with van der Waals surface area (Å²) in [4.78, 5) is 13.1. The predicted octanol–water partition coefficient (Wildman–Crippen LogP) is 2.61. The second-order valence-electron chi connectivity index (χ2n) is 11.4. The Bertz CT molecular complexity index is 1220. The SMILES string of the molecule is CCC([CH]C(CCO)NC(=O)c1ccc(F)cc1)(CC1CCN(S(C)(=O)=O)CC1)C1CCN(S(C)(=O)=O)C(OC)C1. The Balaban J connectivity index is 1.89. The molecule has 0 spiro atoms. The monoisotopic (exact) mass is 618 g/mol. The summed E-state index contributed by atoms with van der Waals surface area (Å²) in [6.45, 7) is 3.10. The highest BCUT2D eigenvalue weighted by Crippen LogP contribution is 2.49. The number of halogens is 1. The van der Waals surface area contributed by atoms with E-state index < -0.39 is 43.5 Å². The maximum Gasteiger partial charge on any atom is 0.251 e. The number of carbonyl (C=O) groups excluding carboxylic acids is 1. The summed E-state index contributed by atoms with van der Waals surface area (Å²) in [7, 11) is -5.24. The molecule has 2 aliphatic rings. The van der Waals surface area contributed by atoms with Crippen LogP contribution in [0.3, 0.4) is 0 Å². The van der Waals surface area contributed by atoms with Crippen molar-refractivity contribution in [2.75, 3.05) is 45.9 Å². The zero-order valence-electron chi connectivity index (χ0n) is 24.5. The lowest BCUT2D eigenvalue weighted by Crippen LogP contribution is -2.52. The standard InChI is InChI=1S/C28H45FN3O7S2/c1-5-28(19-21-10-14-31(15-11-21)40(3,35)36,23-12-16-32(41(4,37)38)26(18-23)39-2)20-25(13-17-33)30-27(34)22-6-8-24(29)9-7-22/h6-9,20-21,23,25-26,33H,5,10-19H2,1-4H3,(H,30,34). The van der Waals surface area contributed by atoms with Crippen LogP contribution in [0.4, 0.5) is 4.39 Å². The van der Waals surface area contributed by atoms with Gasteiger partial charge in [0.2, 0.25) is 20.0 Å². The molecule has 0 bridgehead atoms. The lowest BCUT2D eigenvalue weighted by Gasteiger charge is -2.49. The molecule has 2 N–H and O–H groups in total. The van der Waals surface area contributed by atoms with Gasteiger partial charge in [-0.15, -0.1) is 0 Å². The number of methoxy groups -OCH3 is 1. The number of sulfonamides is 2. The van der Waals surface area contributed by atoms with Crippen LogP contribution in [-0.2, 0) is 24.8 Å². The summed E-state index contributed by atoms with van der Waals surface area (Å²) in [6, 6.07) is 4.77. The number of aliphatic hydroxyl groups excluding tert-OH is 1. The molecule has 0 aromatic heterocycles. The summed E-state index contributed by atoms with van der Waals surface area (Å²) in [5.74, 6) is -0.582. The molecule has 0 saturated carbocycles. The Morgan fingerprint density at radius 1 is 1.12 bits per heavy atom. The summed E-state index contributed by atoms with van der Waals surface area (Å²) in [6.07, 6.45) is 8.06. The Morgan fingerprint density at radius 3 is 2.27 bits per heavy atom. The van der Waals surface area contributed by atoms with Crippen LogP contribution in [0.1, 0.15) is 62.2 Å². The van der Waals surface area contributed by atoms with Crippen molar-refractivity contribution in [3.05, 3.63) is 42.1 Å². The van der Waals surface area contributed by atoms with Gasteiger partial charge < -0.3 is 15.2 Å². The van der Waals surface area contributed by atoms with Gasteiger partial charge in [-0.2, -0.15) is 4.31 Å². The zero-order valence-corrected chi connectivity index (χ0v) is 26.1. The van der Waals surface area contributed by atoms with Crippen LogP contribution in [-0.4, -0.2) is 94.6 Å². The van der Waals surface area contributed by atoms with E-state index in [1.54, 1.807) is 0 Å². The molecule has 233 valence electrons. The highest BCUT2D eigenvalue weighted by atomic mass is 32.2. The number of rotatable bonds is 13. The molecule has 2 aliphatic heterocycles. The number of hydrogen-bond donors (Lipinski definition) is 2. The molecule has 1 radical (unpaired) electrons. The molecule has 41 heavy (non-hydrogen) atoms. The van der Waals surface area contributed by atoms with Gasteiger partial charge in [-0.25, -0.2) is 25.5 Å². The molecule has 0 aliphatic carbocycles. The van der Waals surface area contributed by atoms with Gasteiger partial charge >= 0.3 is 0 Å². The van der Waals surface area contributed by atoms with E-state index >= 15 is 0 Å². The molecule has 13 heteroatoms. The average Bonchev–Trinajstić information content (AvgIpc) is 2.92. The minimum atomic E-state index is -3.47. The largest absolute Gasteiger partial charge is 0.396 e. The molecular formula is C28H45FN3O7S2. The summed E-state index contributed by atoms with van der Waals surface area (Å²) < 4.78 is 71.0. The lowest BCUT2D eigenvalue weighted by atomic mass is 9.61. The Kier molecular flexibility index (Phi) is 11.7. The second kappa shape index (κ2) is 14.2. The fourth-order valence-corrected chi connectivity index (χ4v) is 8.43. The van der Waals surface area contributed by atoms with Crippen molar-refractivity contribution in [2.45, 2.75) is 64.1 Å². The number of nitrogens with one attached hydrogen (secondary N) is 1. The van der Waals surface area contributed by atoms with Crippen LogP contribution >= 0.6 is 0 Å². The molecule has 2 saturated heterocycles. The van der Waals surface area contributed by atoms with E-state index in [9.17, 15) is 31.1 Å². The van der Waals surface area contributed by atoms with Crippen LogP contribution in [0.5, 0.6) is 0 Å². The summed E-state index contributed by atoms with van der Waals surface area (Å²) >= 11 is 0. The smallest absolute Gasteiger partial charge is 0.251 e. The Morgan fingerprint density at radius 2 is 1.76 bits per heavy atom. The summed E-state index contributed by atoms with van der Waals surface area (Å²) in [5.41, 5.74) is -0.146. The van der Waals surface area contributed by atoms with E-state index in [1.807, 2.05) is 0 Å². The van der Waals surface area contributed by atoms with E-state index in [2.05, 4.69) is 18.7 Å². The zero-order chi connectivity index (χ0) is 30.4.